The van der Waals surface area contributed by atoms with E-state index in [2.05, 4.69) is 41.7 Å². The van der Waals surface area contributed by atoms with E-state index < -0.39 is 30.8 Å². The third kappa shape index (κ3) is 7.64. The lowest BCUT2D eigenvalue weighted by atomic mass is 10.0. The van der Waals surface area contributed by atoms with Crippen molar-refractivity contribution >= 4 is 19.7 Å². The zero-order valence-electron chi connectivity index (χ0n) is 26.1. The number of aryl methyl sites for hydroxylation is 2. The van der Waals surface area contributed by atoms with Crippen molar-refractivity contribution in [3.63, 3.8) is 0 Å². The molecule has 0 unspecified atom stereocenters. The second-order valence-electron chi connectivity index (χ2n) is 11.7. The van der Waals surface area contributed by atoms with Crippen LogP contribution in [0.3, 0.4) is 0 Å². The predicted octanol–water partition coefficient (Wildman–Crippen LogP) is 0.496. The molecule has 46 heavy (non-hydrogen) atoms. The first kappa shape index (κ1) is 33.7. The van der Waals surface area contributed by atoms with Crippen LogP contribution in [0, 0.1) is 13.8 Å². The van der Waals surface area contributed by atoms with E-state index in [-0.39, 0.29) is 21.5 Å². The van der Waals surface area contributed by atoms with Gasteiger partial charge in [-0.1, -0.05) is 35.4 Å². The summed E-state index contributed by atoms with van der Waals surface area (Å²) in [4.78, 5) is 0.505. The number of aromatic nitrogens is 8. The predicted molar refractivity (Wildman–Crippen MR) is 165 cm³/mol. The Labute approximate surface area is 267 Å². The topological polar surface area (TPSA) is 198 Å². The van der Waals surface area contributed by atoms with Crippen LogP contribution in [0.4, 0.5) is 0 Å². The molecule has 248 valence electrons. The first-order valence-corrected chi connectivity index (χ1v) is 17.9. The second-order valence-corrected chi connectivity index (χ2v) is 15.7. The van der Waals surface area contributed by atoms with Crippen LogP contribution >= 0.6 is 0 Å². The Kier molecular flexibility index (Phi) is 9.95. The van der Waals surface area contributed by atoms with Gasteiger partial charge in [-0.2, -0.15) is 0 Å². The van der Waals surface area contributed by atoms with Crippen LogP contribution in [-0.2, 0) is 52.0 Å². The number of ether oxygens (including phenoxy) is 2. The minimum Gasteiger partial charge on any atom is -0.378 e. The summed E-state index contributed by atoms with van der Waals surface area (Å²) in [5, 5.41) is 29.5. The molecule has 2 fully saturated rings. The molecule has 2 aliphatic heterocycles. The highest BCUT2D eigenvalue weighted by Crippen LogP contribution is 2.24. The molecule has 0 amide bonds. The second kappa shape index (κ2) is 13.6. The first-order chi connectivity index (χ1) is 21.8. The summed E-state index contributed by atoms with van der Waals surface area (Å²) in [5.74, 6) is 0.284. The lowest BCUT2D eigenvalue weighted by Crippen LogP contribution is -2.51. The molecule has 2 N–H and O–H groups in total. The summed E-state index contributed by atoms with van der Waals surface area (Å²) in [6, 6.07) is 13.5. The fourth-order valence-corrected chi connectivity index (χ4v) is 7.47. The van der Waals surface area contributed by atoms with Gasteiger partial charge in [-0.05, 0) is 72.8 Å². The van der Waals surface area contributed by atoms with E-state index in [0.29, 0.717) is 51.2 Å². The van der Waals surface area contributed by atoms with Gasteiger partial charge in [-0.25, -0.2) is 26.2 Å². The summed E-state index contributed by atoms with van der Waals surface area (Å²) < 4.78 is 63.9. The highest BCUT2D eigenvalue weighted by molar-refractivity contribution is 7.90. The van der Waals surface area contributed by atoms with E-state index in [1.54, 1.807) is 48.5 Å². The zero-order chi connectivity index (χ0) is 33.0. The lowest BCUT2D eigenvalue weighted by molar-refractivity contribution is 0.0282. The molecule has 0 radical (unpaired) electrons. The van der Waals surface area contributed by atoms with Gasteiger partial charge in [-0.15, -0.1) is 10.2 Å². The van der Waals surface area contributed by atoms with Crippen LogP contribution in [0.5, 0.6) is 0 Å². The maximum absolute atomic E-state index is 12.6. The Bertz CT molecular complexity index is 1690. The van der Waals surface area contributed by atoms with Crippen LogP contribution in [0.2, 0.25) is 0 Å². The number of benzene rings is 2. The average molecular weight is 675 g/mol. The van der Waals surface area contributed by atoms with E-state index in [0.717, 1.165) is 11.1 Å². The third-order valence-electron chi connectivity index (χ3n) is 7.70. The molecule has 0 spiro atoms. The van der Waals surface area contributed by atoms with E-state index in [1.165, 1.54) is 9.36 Å². The monoisotopic (exact) mass is 674 g/mol. The van der Waals surface area contributed by atoms with Crippen molar-refractivity contribution in [2.45, 2.75) is 60.3 Å². The van der Waals surface area contributed by atoms with Crippen molar-refractivity contribution < 1.29 is 26.3 Å². The molecular formula is C28H38N10O6S2. The average Bonchev–Trinajstić information content (AvgIpc) is 3.69. The largest absolute Gasteiger partial charge is 0.378 e. The normalized spacial score (nSPS) is 22.2. The lowest BCUT2D eigenvalue weighted by Gasteiger charge is -2.33. The molecule has 16 nitrogen and oxygen atoms in total. The zero-order valence-corrected chi connectivity index (χ0v) is 27.8. The molecule has 0 aliphatic carbocycles. The number of sulfone groups is 2. The van der Waals surface area contributed by atoms with Crippen molar-refractivity contribution in [1.82, 2.24) is 51.0 Å². The van der Waals surface area contributed by atoms with E-state index in [4.69, 9.17) is 9.47 Å². The molecule has 2 aliphatic rings. The summed E-state index contributed by atoms with van der Waals surface area (Å²) in [6.45, 7) is 10.9. The molecular weight excluding hydrogens is 637 g/mol. The van der Waals surface area contributed by atoms with Gasteiger partial charge < -0.3 is 20.1 Å². The summed E-state index contributed by atoms with van der Waals surface area (Å²) in [6.07, 6.45) is 0. The summed E-state index contributed by atoms with van der Waals surface area (Å²) >= 11 is 0. The van der Waals surface area contributed by atoms with Crippen LogP contribution < -0.4 is 10.6 Å². The number of tetrazole rings is 2. The molecule has 18 heteroatoms. The van der Waals surface area contributed by atoms with Crippen molar-refractivity contribution in [3.8, 4) is 0 Å². The van der Waals surface area contributed by atoms with Crippen molar-refractivity contribution in [1.29, 1.82) is 0 Å². The molecule has 4 aromatic rings. The van der Waals surface area contributed by atoms with Gasteiger partial charge in [0.1, 0.15) is 11.1 Å². The molecule has 6 rings (SSSR count). The van der Waals surface area contributed by atoms with Crippen LogP contribution in [0.1, 0.15) is 36.6 Å². The minimum atomic E-state index is -3.54. The Morgan fingerprint density at radius 1 is 0.674 bits per heavy atom. The molecule has 4 heterocycles. The van der Waals surface area contributed by atoms with Crippen molar-refractivity contribution in [2.75, 3.05) is 39.5 Å². The standard InChI is InChI=1S/2C14H19N5O3S/c2*1-11-3-5-12(6-4-11)23(20,21)10-19-13(16-17-18-19)14(2)9-22-8-7-15-14/h2*3-6,15H,7-10H2,1-2H3/t2*14-/m11/s1. The van der Waals surface area contributed by atoms with Gasteiger partial charge in [0.25, 0.3) is 0 Å². The SMILES string of the molecule is Cc1ccc(S(=O)(=O)Cn2nnnc2[C@@]2(C)COCCN2)cc1.Cc1ccc(S(=O)(=O)Cn2nnnc2[C@@]2(C)COCCN2)cc1. The van der Waals surface area contributed by atoms with Gasteiger partial charge in [0.2, 0.25) is 0 Å². The Morgan fingerprint density at radius 3 is 1.37 bits per heavy atom. The number of nitrogens with one attached hydrogen (secondary N) is 2. The summed E-state index contributed by atoms with van der Waals surface area (Å²) in [7, 11) is -7.07. The first-order valence-electron chi connectivity index (χ1n) is 14.6. The number of rotatable bonds is 8. The van der Waals surface area contributed by atoms with E-state index in [9.17, 15) is 16.8 Å². The number of nitrogens with zero attached hydrogens (tertiary/aromatic N) is 8. The van der Waals surface area contributed by atoms with Gasteiger partial charge in [0.05, 0.1) is 36.2 Å². The van der Waals surface area contributed by atoms with Gasteiger partial charge >= 0.3 is 0 Å². The fourth-order valence-electron chi connectivity index (χ4n) is 5.08. The molecule has 2 aromatic heterocycles. The molecule has 2 aromatic carbocycles. The Morgan fingerprint density at radius 2 is 1.04 bits per heavy atom. The van der Waals surface area contributed by atoms with Crippen molar-refractivity contribution in [3.05, 3.63) is 71.3 Å². The minimum absolute atomic E-state index is 0.252. The highest BCUT2D eigenvalue weighted by atomic mass is 32.2. The van der Waals surface area contributed by atoms with E-state index in [1.807, 2.05) is 27.7 Å². The maximum atomic E-state index is 12.6. The smallest absolute Gasteiger partial charge is 0.198 e. The number of hydrogen-bond donors (Lipinski definition) is 2. The molecule has 2 saturated heterocycles. The Hall–Kier alpha value is -3.68. The van der Waals surface area contributed by atoms with Gasteiger partial charge in [0, 0.05) is 13.1 Å². The van der Waals surface area contributed by atoms with Gasteiger partial charge in [-0.3, -0.25) is 0 Å². The molecule has 0 saturated carbocycles. The van der Waals surface area contributed by atoms with Gasteiger partial charge in [0.15, 0.2) is 43.1 Å². The molecule has 2 atom stereocenters. The van der Waals surface area contributed by atoms with Crippen LogP contribution in [0.25, 0.3) is 0 Å². The maximum Gasteiger partial charge on any atom is 0.198 e. The third-order valence-corrected chi connectivity index (χ3v) is 10.8. The van der Waals surface area contributed by atoms with Crippen molar-refractivity contribution in [2.24, 2.45) is 0 Å². The number of morpholine rings is 2. The highest BCUT2D eigenvalue weighted by Gasteiger charge is 2.37. The summed E-state index contributed by atoms with van der Waals surface area (Å²) in [5.41, 5.74) is 0.793. The van der Waals surface area contributed by atoms with Crippen LogP contribution in [-0.4, -0.2) is 96.8 Å². The van der Waals surface area contributed by atoms with Crippen LogP contribution in [0.15, 0.2) is 58.3 Å². The number of hydrogen-bond acceptors (Lipinski definition) is 14. The van der Waals surface area contributed by atoms with E-state index >= 15 is 0 Å². The quantitative estimate of drug-likeness (QED) is 0.262. The molecule has 0 bridgehead atoms. The Balaban J connectivity index is 0.000000181. The fraction of sp³-hybridized carbons (Fsp3) is 0.500.